The highest BCUT2D eigenvalue weighted by atomic mass is 35.5. The molecule has 0 N–H and O–H groups in total. The van der Waals surface area contributed by atoms with Crippen LogP contribution in [-0.2, 0) is 24.4 Å². The van der Waals surface area contributed by atoms with Crippen molar-refractivity contribution in [1.82, 2.24) is 19.4 Å². The molecule has 1 atom stereocenters. The number of hydrogen-bond donors (Lipinski definition) is 0. The van der Waals surface area contributed by atoms with Gasteiger partial charge in [-0.25, -0.2) is 14.4 Å². The highest BCUT2D eigenvalue weighted by molar-refractivity contribution is 6.30. The summed E-state index contributed by atoms with van der Waals surface area (Å²) in [4.78, 5) is 11.7. The van der Waals surface area contributed by atoms with Crippen LogP contribution in [0.15, 0.2) is 48.8 Å². The predicted molar refractivity (Wildman–Crippen MR) is 124 cm³/mol. The number of nitrogens with zero attached hydrogens (tertiary/aromatic N) is 4. The Morgan fingerprint density at radius 3 is 2.76 bits per heavy atom. The summed E-state index contributed by atoms with van der Waals surface area (Å²) in [5.41, 5.74) is 1.49. The molecule has 0 bridgehead atoms. The van der Waals surface area contributed by atoms with Gasteiger partial charge in [-0.1, -0.05) is 23.7 Å². The minimum Gasteiger partial charge on any atom is -0.473 e. The summed E-state index contributed by atoms with van der Waals surface area (Å²) in [5.74, 6) is 1.64. The van der Waals surface area contributed by atoms with Gasteiger partial charge in [0.05, 0.1) is 19.2 Å². The van der Waals surface area contributed by atoms with Crippen molar-refractivity contribution in [3.63, 3.8) is 0 Å². The molecule has 2 saturated heterocycles. The Bertz CT molecular complexity index is 1080. The molecule has 33 heavy (non-hydrogen) atoms. The van der Waals surface area contributed by atoms with Crippen molar-refractivity contribution in [3.8, 4) is 5.88 Å². The number of pyridine rings is 1. The third-order valence-electron chi connectivity index (χ3n) is 6.50. The summed E-state index contributed by atoms with van der Waals surface area (Å²) >= 11 is 5.82. The van der Waals surface area contributed by atoms with Gasteiger partial charge in [0.25, 0.3) is 0 Å². The molecule has 6 nitrogen and oxygen atoms in total. The molecule has 5 rings (SSSR count). The van der Waals surface area contributed by atoms with Crippen LogP contribution < -0.4 is 4.74 Å². The first-order chi connectivity index (χ1) is 16.1. The molecule has 8 heteroatoms. The number of ether oxygens (including phenoxy) is 2. The van der Waals surface area contributed by atoms with Gasteiger partial charge in [0.15, 0.2) is 0 Å². The number of benzene rings is 1. The summed E-state index contributed by atoms with van der Waals surface area (Å²) in [6.45, 7) is 4.75. The first kappa shape index (κ1) is 22.3. The van der Waals surface area contributed by atoms with E-state index in [1.807, 2.05) is 18.3 Å². The monoisotopic (exact) mass is 470 g/mol. The van der Waals surface area contributed by atoms with Gasteiger partial charge in [0.2, 0.25) is 5.88 Å². The molecular formula is C25H28ClFN4O2. The van der Waals surface area contributed by atoms with E-state index in [0.29, 0.717) is 28.5 Å². The van der Waals surface area contributed by atoms with Gasteiger partial charge in [-0.15, -0.1) is 0 Å². The third kappa shape index (κ3) is 5.54. The van der Waals surface area contributed by atoms with E-state index in [0.717, 1.165) is 63.6 Å². The van der Waals surface area contributed by atoms with Gasteiger partial charge in [0.1, 0.15) is 18.2 Å². The molecule has 1 aromatic carbocycles. The van der Waals surface area contributed by atoms with Gasteiger partial charge >= 0.3 is 0 Å². The number of aromatic nitrogens is 3. The summed E-state index contributed by atoms with van der Waals surface area (Å²) in [6, 6.07) is 10.4. The molecule has 3 aromatic rings. The number of rotatable bonds is 8. The first-order valence-electron chi connectivity index (χ1n) is 11.5. The van der Waals surface area contributed by atoms with Crippen molar-refractivity contribution in [1.29, 1.82) is 0 Å². The molecule has 0 amide bonds. The van der Waals surface area contributed by atoms with Crippen LogP contribution in [0.25, 0.3) is 0 Å². The molecule has 4 heterocycles. The fourth-order valence-corrected chi connectivity index (χ4v) is 4.58. The zero-order chi connectivity index (χ0) is 22.6. The number of imidazole rings is 1. The molecule has 0 spiro atoms. The maximum atomic E-state index is 14.0. The molecule has 0 radical (unpaired) electrons. The van der Waals surface area contributed by atoms with Crippen LogP contribution in [0.3, 0.4) is 0 Å². The fourth-order valence-electron chi connectivity index (χ4n) is 4.42. The minimum atomic E-state index is -0.369. The van der Waals surface area contributed by atoms with Crippen LogP contribution in [-0.4, -0.2) is 45.2 Å². The summed E-state index contributed by atoms with van der Waals surface area (Å²) in [5, 5.41) is 0.374. The third-order valence-corrected chi connectivity index (χ3v) is 6.74. The summed E-state index contributed by atoms with van der Waals surface area (Å²) in [7, 11) is 0. The van der Waals surface area contributed by atoms with Gasteiger partial charge in [-0.2, -0.15) is 0 Å². The van der Waals surface area contributed by atoms with Crippen LogP contribution in [0, 0.1) is 5.82 Å². The van der Waals surface area contributed by atoms with Crippen molar-refractivity contribution in [3.05, 3.63) is 76.7 Å². The Hall–Kier alpha value is -2.48. The Balaban J connectivity index is 1.14. The van der Waals surface area contributed by atoms with Crippen LogP contribution in [0.5, 0.6) is 5.88 Å². The van der Waals surface area contributed by atoms with Crippen molar-refractivity contribution in [2.75, 3.05) is 19.7 Å². The smallest absolute Gasteiger partial charge is 0.213 e. The first-order valence-corrected chi connectivity index (χ1v) is 11.9. The van der Waals surface area contributed by atoms with Crippen molar-refractivity contribution in [2.45, 2.75) is 51.0 Å². The molecule has 2 aromatic heterocycles. The van der Waals surface area contributed by atoms with Gasteiger partial charge in [-0.05, 0) is 50.6 Å². The second-order valence-corrected chi connectivity index (χ2v) is 9.19. The lowest BCUT2D eigenvalue weighted by atomic mass is 9.93. The normalized spacial score (nSPS) is 19.4. The summed E-state index contributed by atoms with van der Waals surface area (Å²) < 4.78 is 27.6. The van der Waals surface area contributed by atoms with E-state index in [2.05, 4.69) is 26.7 Å². The fraction of sp³-hybridized carbons (Fsp3) is 0.440. The van der Waals surface area contributed by atoms with E-state index >= 15 is 0 Å². The van der Waals surface area contributed by atoms with E-state index < -0.39 is 0 Å². The molecule has 0 saturated carbocycles. The quantitative estimate of drug-likeness (QED) is 0.472. The number of halogens is 2. The molecule has 2 aliphatic heterocycles. The lowest BCUT2D eigenvalue weighted by Crippen LogP contribution is -2.35. The maximum absolute atomic E-state index is 14.0. The Morgan fingerprint density at radius 2 is 2.00 bits per heavy atom. The van der Waals surface area contributed by atoms with Gasteiger partial charge in [0, 0.05) is 47.3 Å². The highest BCUT2D eigenvalue weighted by Crippen LogP contribution is 2.29. The molecule has 2 aliphatic rings. The lowest BCUT2D eigenvalue weighted by molar-refractivity contribution is -0.0598. The highest BCUT2D eigenvalue weighted by Gasteiger charge is 2.24. The number of likely N-dealkylation sites (tertiary alicyclic amines) is 1. The number of hydrogen-bond acceptors (Lipinski definition) is 5. The minimum absolute atomic E-state index is 0.121. The Kier molecular flexibility index (Phi) is 6.90. The average molecular weight is 471 g/mol. The van der Waals surface area contributed by atoms with E-state index in [4.69, 9.17) is 26.1 Å². The van der Waals surface area contributed by atoms with Crippen LogP contribution in [0.4, 0.5) is 4.39 Å². The Labute approximate surface area is 198 Å². The second kappa shape index (κ2) is 10.2. The van der Waals surface area contributed by atoms with Gasteiger partial charge in [-0.3, -0.25) is 4.90 Å². The zero-order valence-corrected chi connectivity index (χ0v) is 19.3. The molecular weight excluding hydrogens is 443 g/mol. The SMILES string of the molecule is Fc1cc(Cl)ccc1COc1cccc(C2CCN(Cc3nccn3C[C@@H]3CCO3)CC2)n1. The molecule has 2 fully saturated rings. The maximum Gasteiger partial charge on any atom is 0.213 e. The van der Waals surface area contributed by atoms with E-state index in [9.17, 15) is 4.39 Å². The van der Waals surface area contributed by atoms with Crippen molar-refractivity contribution >= 4 is 11.6 Å². The van der Waals surface area contributed by atoms with Crippen molar-refractivity contribution in [2.24, 2.45) is 0 Å². The zero-order valence-electron chi connectivity index (χ0n) is 18.5. The summed E-state index contributed by atoms with van der Waals surface area (Å²) in [6.07, 6.45) is 7.47. The predicted octanol–water partition coefficient (Wildman–Crippen LogP) is 4.82. The lowest BCUT2D eigenvalue weighted by Gasteiger charge is -2.32. The average Bonchev–Trinajstić information content (AvgIpc) is 3.23. The Morgan fingerprint density at radius 1 is 1.15 bits per heavy atom. The molecule has 174 valence electrons. The number of piperidine rings is 1. The van der Waals surface area contributed by atoms with E-state index in [1.54, 1.807) is 12.1 Å². The van der Waals surface area contributed by atoms with Crippen LogP contribution in [0.2, 0.25) is 5.02 Å². The van der Waals surface area contributed by atoms with E-state index in [-0.39, 0.29) is 12.4 Å². The van der Waals surface area contributed by atoms with Crippen molar-refractivity contribution < 1.29 is 13.9 Å². The second-order valence-electron chi connectivity index (χ2n) is 8.75. The molecule has 0 aliphatic carbocycles. The van der Waals surface area contributed by atoms with Crippen LogP contribution >= 0.6 is 11.6 Å². The largest absolute Gasteiger partial charge is 0.473 e. The van der Waals surface area contributed by atoms with E-state index in [1.165, 1.54) is 6.07 Å². The standard InChI is InChI=1S/C25H28ClFN4O2/c26-20-5-4-19(22(27)14-20)17-33-25-3-1-2-23(29-25)18-6-10-30(11-7-18)16-24-28-9-12-31(24)15-21-8-13-32-21/h1-5,9,12,14,18,21H,6-8,10-11,13,15-17H2/t21-/m0/s1. The topological polar surface area (TPSA) is 52.4 Å². The van der Waals surface area contributed by atoms with Gasteiger partial charge < -0.3 is 14.0 Å². The molecule has 0 unspecified atom stereocenters. The van der Waals surface area contributed by atoms with Crippen LogP contribution in [0.1, 0.15) is 42.3 Å².